The molecule has 18 heavy (non-hydrogen) atoms. The van der Waals surface area contributed by atoms with E-state index in [1.54, 1.807) is 0 Å². The van der Waals surface area contributed by atoms with E-state index in [-0.39, 0.29) is 6.04 Å². The van der Waals surface area contributed by atoms with E-state index in [0.717, 1.165) is 18.3 Å². The molecule has 0 bridgehead atoms. The molecule has 0 aliphatic heterocycles. The summed E-state index contributed by atoms with van der Waals surface area (Å²) in [6, 6.07) is 0.636. The van der Waals surface area contributed by atoms with E-state index in [0.29, 0.717) is 12.0 Å². The molecule has 1 N–H and O–H groups in total. The third-order valence-electron chi connectivity index (χ3n) is 3.96. The van der Waals surface area contributed by atoms with Crippen molar-refractivity contribution in [2.45, 2.75) is 59.0 Å². The molecule has 2 unspecified atom stereocenters. The molecule has 0 spiro atoms. The van der Waals surface area contributed by atoms with Crippen molar-refractivity contribution in [2.24, 2.45) is 11.8 Å². The standard InChI is InChI=1S/C13H25N5/c1-9(2)8-14-10(3)13-15-16-17-18(13)11(4)12-6-5-7-12/h9-12,14H,5-8H2,1-4H3. The zero-order chi connectivity index (χ0) is 13.1. The summed E-state index contributed by atoms with van der Waals surface area (Å²) in [4.78, 5) is 0. The van der Waals surface area contributed by atoms with Gasteiger partial charge in [0.05, 0.1) is 12.1 Å². The van der Waals surface area contributed by atoms with Crippen LogP contribution in [0.15, 0.2) is 0 Å². The second kappa shape index (κ2) is 5.78. The fourth-order valence-electron chi connectivity index (χ4n) is 2.40. The fourth-order valence-corrected chi connectivity index (χ4v) is 2.40. The van der Waals surface area contributed by atoms with Crippen LogP contribution in [0.3, 0.4) is 0 Å². The maximum atomic E-state index is 4.20. The first kappa shape index (κ1) is 13.5. The van der Waals surface area contributed by atoms with Gasteiger partial charge in [-0.1, -0.05) is 20.3 Å². The number of rotatable bonds is 6. The minimum Gasteiger partial charge on any atom is -0.307 e. The number of nitrogens with one attached hydrogen (secondary N) is 1. The Morgan fingerprint density at radius 2 is 2.00 bits per heavy atom. The molecule has 102 valence electrons. The molecule has 1 aliphatic carbocycles. The molecule has 5 nitrogen and oxygen atoms in total. The highest BCUT2D eigenvalue weighted by atomic mass is 15.6. The van der Waals surface area contributed by atoms with E-state index in [4.69, 9.17) is 0 Å². The summed E-state index contributed by atoms with van der Waals surface area (Å²) in [7, 11) is 0. The third kappa shape index (κ3) is 2.88. The number of hydrogen-bond donors (Lipinski definition) is 1. The first-order valence-corrected chi connectivity index (χ1v) is 7.10. The zero-order valence-electron chi connectivity index (χ0n) is 11.9. The van der Waals surface area contributed by atoms with E-state index in [2.05, 4.69) is 48.5 Å². The lowest BCUT2D eigenvalue weighted by Gasteiger charge is -2.32. The molecular formula is C13H25N5. The van der Waals surface area contributed by atoms with Crippen LogP contribution in [0.25, 0.3) is 0 Å². The van der Waals surface area contributed by atoms with Crippen molar-refractivity contribution in [3.63, 3.8) is 0 Å². The highest BCUT2D eigenvalue weighted by Crippen LogP contribution is 2.36. The Morgan fingerprint density at radius 1 is 1.28 bits per heavy atom. The zero-order valence-corrected chi connectivity index (χ0v) is 11.9. The van der Waals surface area contributed by atoms with Crippen LogP contribution in [0.5, 0.6) is 0 Å². The quantitative estimate of drug-likeness (QED) is 0.843. The van der Waals surface area contributed by atoms with Gasteiger partial charge in [0.25, 0.3) is 0 Å². The molecule has 2 rings (SSSR count). The first-order valence-electron chi connectivity index (χ1n) is 7.10. The topological polar surface area (TPSA) is 55.6 Å². The highest BCUT2D eigenvalue weighted by molar-refractivity contribution is 4.93. The van der Waals surface area contributed by atoms with Gasteiger partial charge in [-0.2, -0.15) is 0 Å². The number of aromatic nitrogens is 4. The van der Waals surface area contributed by atoms with E-state index >= 15 is 0 Å². The van der Waals surface area contributed by atoms with E-state index in [1.165, 1.54) is 19.3 Å². The minimum absolute atomic E-state index is 0.213. The molecule has 0 aromatic carbocycles. The lowest BCUT2D eigenvalue weighted by molar-refractivity contribution is 0.202. The van der Waals surface area contributed by atoms with Gasteiger partial charge in [0.1, 0.15) is 0 Å². The minimum atomic E-state index is 0.213. The Bertz CT molecular complexity index is 369. The molecule has 1 saturated carbocycles. The summed E-state index contributed by atoms with van der Waals surface area (Å²) in [5.41, 5.74) is 0. The largest absolute Gasteiger partial charge is 0.307 e. The Labute approximate surface area is 109 Å². The summed E-state index contributed by atoms with van der Waals surface area (Å²) in [6.07, 6.45) is 3.98. The number of hydrogen-bond acceptors (Lipinski definition) is 4. The Kier molecular flexibility index (Phi) is 4.32. The first-order chi connectivity index (χ1) is 8.59. The van der Waals surface area contributed by atoms with Gasteiger partial charge in [-0.05, 0) is 55.5 Å². The van der Waals surface area contributed by atoms with Crippen LogP contribution in [-0.2, 0) is 0 Å². The average Bonchev–Trinajstić information content (AvgIpc) is 2.72. The van der Waals surface area contributed by atoms with E-state index in [9.17, 15) is 0 Å². The van der Waals surface area contributed by atoms with Crippen LogP contribution in [0, 0.1) is 11.8 Å². The molecule has 5 heteroatoms. The highest BCUT2D eigenvalue weighted by Gasteiger charge is 2.28. The SMILES string of the molecule is CC(C)CNC(C)c1nnnn1C(C)C1CCC1. The maximum absolute atomic E-state index is 4.20. The third-order valence-corrected chi connectivity index (χ3v) is 3.96. The Balaban J connectivity index is 2.01. The van der Waals surface area contributed by atoms with Crippen molar-refractivity contribution in [2.75, 3.05) is 6.54 Å². The average molecular weight is 251 g/mol. The van der Waals surface area contributed by atoms with Crippen LogP contribution in [0.2, 0.25) is 0 Å². The van der Waals surface area contributed by atoms with Gasteiger partial charge in [-0.25, -0.2) is 4.68 Å². The summed E-state index contributed by atoms with van der Waals surface area (Å²) < 4.78 is 2.02. The predicted octanol–water partition coefficient (Wildman–Crippen LogP) is 2.34. The van der Waals surface area contributed by atoms with Crippen LogP contribution < -0.4 is 5.32 Å². The molecule has 0 radical (unpaired) electrons. The maximum Gasteiger partial charge on any atom is 0.168 e. The smallest absolute Gasteiger partial charge is 0.168 e. The molecule has 1 fully saturated rings. The van der Waals surface area contributed by atoms with Gasteiger partial charge in [-0.15, -0.1) is 5.10 Å². The summed E-state index contributed by atoms with van der Waals surface area (Å²) in [6.45, 7) is 9.78. The van der Waals surface area contributed by atoms with Crippen molar-refractivity contribution >= 4 is 0 Å². The van der Waals surface area contributed by atoms with Crippen molar-refractivity contribution in [1.29, 1.82) is 0 Å². The molecule has 1 aromatic heterocycles. The lowest BCUT2D eigenvalue weighted by atomic mass is 9.80. The van der Waals surface area contributed by atoms with Gasteiger partial charge in [0, 0.05) is 0 Å². The second-order valence-electron chi connectivity index (χ2n) is 5.94. The lowest BCUT2D eigenvalue weighted by Crippen LogP contribution is -2.30. The Hall–Kier alpha value is -0.970. The van der Waals surface area contributed by atoms with Crippen molar-refractivity contribution in [3.05, 3.63) is 5.82 Å². The van der Waals surface area contributed by atoms with Crippen LogP contribution in [0.1, 0.15) is 64.9 Å². The Morgan fingerprint density at radius 3 is 2.56 bits per heavy atom. The van der Waals surface area contributed by atoms with E-state index in [1.807, 2.05) is 4.68 Å². The molecular weight excluding hydrogens is 226 g/mol. The molecule has 1 aliphatic rings. The van der Waals surface area contributed by atoms with Gasteiger partial charge < -0.3 is 5.32 Å². The van der Waals surface area contributed by atoms with Crippen molar-refractivity contribution in [3.8, 4) is 0 Å². The molecule has 2 atom stereocenters. The second-order valence-corrected chi connectivity index (χ2v) is 5.94. The van der Waals surface area contributed by atoms with Gasteiger partial charge >= 0.3 is 0 Å². The molecule has 0 amide bonds. The summed E-state index contributed by atoms with van der Waals surface area (Å²) in [5.74, 6) is 2.36. The fraction of sp³-hybridized carbons (Fsp3) is 0.923. The predicted molar refractivity (Wildman–Crippen MR) is 71.1 cm³/mol. The van der Waals surface area contributed by atoms with Gasteiger partial charge in [-0.3, -0.25) is 0 Å². The van der Waals surface area contributed by atoms with Crippen molar-refractivity contribution in [1.82, 2.24) is 25.5 Å². The number of tetrazole rings is 1. The molecule has 1 aromatic rings. The monoisotopic (exact) mass is 251 g/mol. The van der Waals surface area contributed by atoms with Crippen LogP contribution in [0.4, 0.5) is 0 Å². The number of nitrogens with zero attached hydrogens (tertiary/aromatic N) is 4. The van der Waals surface area contributed by atoms with Gasteiger partial charge in [0.2, 0.25) is 0 Å². The van der Waals surface area contributed by atoms with Crippen LogP contribution >= 0.6 is 0 Å². The van der Waals surface area contributed by atoms with E-state index < -0.39 is 0 Å². The normalized spacial score (nSPS) is 19.8. The molecule has 0 saturated heterocycles. The van der Waals surface area contributed by atoms with Crippen molar-refractivity contribution < 1.29 is 0 Å². The summed E-state index contributed by atoms with van der Waals surface area (Å²) >= 11 is 0. The summed E-state index contributed by atoms with van der Waals surface area (Å²) in [5, 5.41) is 15.7. The van der Waals surface area contributed by atoms with Gasteiger partial charge in [0.15, 0.2) is 5.82 Å². The van der Waals surface area contributed by atoms with Crippen LogP contribution in [-0.4, -0.2) is 26.8 Å². The molecule has 1 heterocycles.